The van der Waals surface area contributed by atoms with Crippen LogP contribution in [0.2, 0.25) is 0 Å². The number of benzene rings is 1. The Bertz CT molecular complexity index is 510. The van der Waals surface area contributed by atoms with Crippen LogP contribution in [-0.2, 0) is 17.7 Å². The van der Waals surface area contributed by atoms with E-state index in [0.29, 0.717) is 12.5 Å². The minimum atomic E-state index is 0.0860. The van der Waals surface area contributed by atoms with Crippen molar-refractivity contribution >= 4 is 6.03 Å². The molecule has 1 N–H and O–H groups in total. The van der Waals surface area contributed by atoms with Crippen LogP contribution in [-0.4, -0.2) is 62.8 Å². The molecule has 0 radical (unpaired) electrons. The number of likely N-dealkylation sites (tertiary alicyclic amines) is 1. The van der Waals surface area contributed by atoms with Gasteiger partial charge in [0.25, 0.3) is 0 Å². The van der Waals surface area contributed by atoms with Crippen LogP contribution < -0.4 is 5.32 Å². The molecule has 0 atom stereocenters. The molecule has 5 heteroatoms. The van der Waals surface area contributed by atoms with E-state index in [-0.39, 0.29) is 6.03 Å². The van der Waals surface area contributed by atoms with Gasteiger partial charge in [0, 0.05) is 39.8 Å². The molecule has 1 aliphatic heterocycles. The monoisotopic (exact) mass is 347 g/mol. The molecule has 1 aliphatic rings. The summed E-state index contributed by atoms with van der Waals surface area (Å²) in [5.74, 6) is 0.681. The lowest BCUT2D eigenvalue weighted by atomic mass is 9.90. The lowest BCUT2D eigenvalue weighted by Gasteiger charge is -2.32. The fourth-order valence-corrected chi connectivity index (χ4v) is 3.36. The SMILES string of the molecule is CCNC(=O)N1CCC(Cc2ccc(CN(C)CCOC)cc2)CC1. The van der Waals surface area contributed by atoms with Crippen LogP contribution in [0.5, 0.6) is 0 Å². The number of rotatable bonds is 8. The van der Waals surface area contributed by atoms with Crippen molar-refractivity contribution in [1.82, 2.24) is 15.1 Å². The van der Waals surface area contributed by atoms with Crippen LogP contribution >= 0.6 is 0 Å². The maximum Gasteiger partial charge on any atom is 0.317 e. The van der Waals surface area contributed by atoms with Gasteiger partial charge in [-0.3, -0.25) is 4.90 Å². The summed E-state index contributed by atoms with van der Waals surface area (Å²) in [5, 5.41) is 2.89. The van der Waals surface area contributed by atoms with E-state index in [0.717, 1.165) is 52.0 Å². The first-order chi connectivity index (χ1) is 12.1. The summed E-state index contributed by atoms with van der Waals surface area (Å²) in [6.07, 6.45) is 3.31. The number of hydrogen-bond acceptors (Lipinski definition) is 3. The summed E-state index contributed by atoms with van der Waals surface area (Å²) >= 11 is 0. The van der Waals surface area contributed by atoms with Gasteiger partial charge >= 0.3 is 6.03 Å². The second kappa shape index (κ2) is 10.4. The van der Waals surface area contributed by atoms with Crippen molar-refractivity contribution in [3.05, 3.63) is 35.4 Å². The lowest BCUT2D eigenvalue weighted by Crippen LogP contribution is -2.44. The number of piperidine rings is 1. The van der Waals surface area contributed by atoms with E-state index in [1.165, 1.54) is 11.1 Å². The van der Waals surface area contributed by atoms with Gasteiger partial charge in [0.1, 0.15) is 0 Å². The third kappa shape index (κ3) is 6.67. The minimum Gasteiger partial charge on any atom is -0.383 e. The number of hydrogen-bond donors (Lipinski definition) is 1. The Kier molecular flexibility index (Phi) is 8.22. The normalized spacial score (nSPS) is 15.6. The molecule has 1 saturated heterocycles. The highest BCUT2D eigenvalue weighted by Gasteiger charge is 2.22. The Hall–Kier alpha value is -1.59. The van der Waals surface area contributed by atoms with Crippen molar-refractivity contribution in [3.8, 4) is 0 Å². The molecule has 0 spiro atoms. The molecule has 2 rings (SSSR count). The second-order valence-corrected chi connectivity index (χ2v) is 7.02. The third-order valence-corrected chi connectivity index (χ3v) is 4.91. The van der Waals surface area contributed by atoms with Crippen molar-refractivity contribution in [2.75, 3.05) is 46.9 Å². The first-order valence-electron chi connectivity index (χ1n) is 9.40. The fraction of sp³-hybridized carbons (Fsp3) is 0.650. The van der Waals surface area contributed by atoms with Gasteiger partial charge in [-0.1, -0.05) is 24.3 Å². The number of carbonyl (C=O) groups excluding carboxylic acids is 1. The van der Waals surface area contributed by atoms with E-state index < -0.39 is 0 Å². The molecule has 140 valence electrons. The van der Waals surface area contributed by atoms with E-state index in [1.54, 1.807) is 7.11 Å². The highest BCUT2D eigenvalue weighted by Crippen LogP contribution is 2.22. The van der Waals surface area contributed by atoms with E-state index in [9.17, 15) is 4.79 Å². The summed E-state index contributed by atoms with van der Waals surface area (Å²) in [6.45, 7) is 7.08. The molecular formula is C20H33N3O2. The van der Waals surface area contributed by atoms with Crippen LogP contribution in [0, 0.1) is 5.92 Å². The van der Waals surface area contributed by atoms with Crippen LogP contribution in [0.3, 0.4) is 0 Å². The van der Waals surface area contributed by atoms with E-state index >= 15 is 0 Å². The minimum absolute atomic E-state index is 0.0860. The number of amides is 2. The zero-order chi connectivity index (χ0) is 18.1. The molecule has 0 saturated carbocycles. The first kappa shape index (κ1) is 19.7. The lowest BCUT2D eigenvalue weighted by molar-refractivity contribution is 0.158. The molecule has 0 aromatic heterocycles. The highest BCUT2D eigenvalue weighted by atomic mass is 16.5. The number of nitrogens with zero attached hydrogens (tertiary/aromatic N) is 2. The standard InChI is InChI=1S/C20H33N3O2/c1-4-21-20(24)23-11-9-18(10-12-23)15-17-5-7-19(8-6-17)16-22(2)13-14-25-3/h5-8,18H,4,9-16H2,1-3H3,(H,21,24). The maximum atomic E-state index is 11.9. The Morgan fingerprint density at radius 2 is 1.88 bits per heavy atom. The molecule has 0 aliphatic carbocycles. The largest absolute Gasteiger partial charge is 0.383 e. The number of ether oxygens (including phenoxy) is 1. The predicted octanol–water partition coefficient (Wildman–Crippen LogP) is 2.75. The number of likely N-dealkylation sites (N-methyl/N-ethyl adjacent to an activating group) is 1. The smallest absolute Gasteiger partial charge is 0.317 e. The molecule has 1 aromatic carbocycles. The summed E-state index contributed by atoms with van der Waals surface area (Å²) in [4.78, 5) is 16.1. The van der Waals surface area contributed by atoms with Gasteiger partial charge in [-0.05, 0) is 50.3 Å². The van der Waals surface area contributed by atoms with Gasteiger partial charge in [-0.15, -0.1) is 0 Å². The molecule has 1 fully saturated rings. The zero-order valence-electron chi connectivity index (χ0n) is 16.0. The fourth-order valence-electron chi connectivity index (χ4n) is 3.36. The van der Waals surface area contributed by atoms with E-state index in [4.69, 9.17) is 4.74 Å². The first-order valence-corrected chi connectivity index (χ1v) is 9.40. The summed E-state index contributed by atoms with van der Waals surface area (Å²) in [5.41, 5.74) is 2.74. The van der Waals surface area contributed by atoms with Crippen LogP contribution in [0.1, 0.15) is 30.9 Å². The third-order valence-electron chi connectivity index (χ3n) is 4.91. The second-order valence-electron chi connectivity index (χ2n) is 7.02. The Balaban J connectivity index is 1.75. The molecule has 1 heterocycles. The Labute approximate surface area is 152 Å². The van der Waals surface area contributed by atoms with Crippen molar-refractivity contribution < 1.29 is 9.53 Å². The molecular weight excluding hydrogens is 314 g/mol. The van der Waals surface area contributed by atoms with Crippen molar-refractivity contribution in [3.63, 3.8) is 0 Å². The summed E-state index contributed by atoms with van der Waals surface area (Å²) < 4.78 is 5.12. The van der Waals surface area contributed by atoms with Crippen LogP contribution in [0.25, 0.3) is 0 Å². The molecule has 5 nitrogen and oxygen atoms in total. The Morgan fingerprint density at radius 3 is 2.48 bits per heavy atom. The van der Waals surface area contributed by atoms with Crippen molar-refractivity contribution in [2.45, 2.75) is 32.7 Å². The van der Waals surface area contributed by atoms with E-state index in [2.05, 4.69) is 41.5 Å². The van der Waals surface area contributed by atoms with Gasteiger partial charge < -0.3 is 15.0 Å². The average Bonchev–Trinajstić information content (AvgIpc) is 2.62. The summed E-state index contributed by atoms with van der Waals surface area (Å²) in [6, 6.07) is 9.08. The molecule has 1 aromatic rings. The van der Waals surface area contributed by atoms with Gasteiger partial charge in [0.15, 0.2) is 0 Å². The number of urea groups is 1. The van der Waals surface area contributed by atoms with Gasteiger partial charge in [0.05, 0.1) is 6.61 Å². The average molecular weight is 348 g/mol. The van der Waals surface area contributed by atoms with Gasteiger partial charge in [-0.25, -0.2) is 4.79 Å². The predicted molar refractivity (Wildman–Crippen MR) is 102 cm³/mol. The van der Waals surface area contributed by atoms with Gasteiger partial charge in [0.2, 0.25) is 0 Å². The summed E-state index contributed by atoms with van der Waals surface area (Å²) in [7, 11) is 3.86. The Morgan fingerprint density at radius 1 is 1.24 bits per heavy atom. The number of methoxy groups -OCH3 is 1. The quantitative estimate of drug-likeness (QED) is 0.786. The zero-order valence-corrected chi connectivity index (χ0v) is 16.0. The van der Waals surface area contributed by atoms with Crippen molar-refractivity contribution in [1.29, 1.82) is 0 Å². The molecule has 25 heavy (non-hydrogen) atoms. The highest BCUT2D eigenvalue weighted by molar-refractivity contribution is 5.74. The molecule has 2 amide bonds. The molecule has 0 bridgehead atoms. The van der Waals surface area contributed by atoms with Crippen LogP contribution in [0.15, 0.2) is 24.3 Å². The van der Waals surface area contributed by atoms with Crippen LogP contribution in [0.4, 0.5) is 4.79 Å². The topological polar surface area (TPSA) is 44.8 Å². The molecule has 0 unspecified atom stereocenters. The van der Waals surface area contributed by atoms with Crippen molar-refractivity contribution in [2.24, 2.45) is 5.92 Å². The number of nitrogens with one attached hydrogen (secondary N) is 1. The van der Waals surface area contributed by atoms with Gasteiger partial charge in [-0.2, -0.15) is 0 Å². The maximum absolute atomic E-state index is 11.9. The number of carbonyl (C=O) groups is 1. The van der Waals surface area contributed by atoms with E-state index in [1.807, 2.05) is 11.8 Å².